The Labute approximate surface area is 158 Å². The molecule has 28 heavy (non-hydrogen) atoms. The van der Waals surface area contributed by atoms with Gasteiger partial charge in [-0.3, -0.25) is 9.59 Å². The number of amides is 2. The van der Waals surface area contributed by atoms with E-state index in [1.807, 2.05) is 0 Å². The van der Waals surface area contributed by atoms with Crippen molar-refractivity contribution in [3.8, 4) is 5.69 Å². The van der Waals surface area contributed by atoms with Crippen molar-refractivity contribution in [3.63, 3.8) is 0 Å². The van der Waals surface area contributed by atoms with E-state index in [2.05, 4.69) is 15.7 Å². The van der Waals surface area contributed by atoms with Crippen LogP contribution in [0.4, 0.5) is 24.5 Å². The largest absolute Gasteiger partial charge is 0.418 e. The van der Waals surface area contributed by atoms with Gasteiger partial charge >= 0.3 is 6.18 Å². The molecule has 3 aromatic rings. The van der Waals surface area contributed by atoms with Crippen LogP contribution in [0.3, 0.4) is 0 Å². The third-order valence-electron chi connectivity index (χ3n) is 3.79. The van der Waals surface area contributed by atoms with Gasteiger partial charge in [0.2, 0.25) is 5.91 Å². The summed E-state index contributed by atoms with van der Waals surface area (Å²) in [5, 5.41) is 8.62. The molecule has 3 rings (SSSR count). The minimum atomic E-state index is -4.71. The number of rotatable bonds is 4. The molecule has 2 amide bonds. The molecule has 0 unspecified atom stereocenters. The summed E-state index contributed by atoms with van der Waals surface area (Å²) in [5.74, 6) is -1.19. The van der Waals surface area contributed by atoms with Crippen LogP contribution in [-0.2, 0) is 11.0 Å². The minimum Gasteiger partial charge on any atom is -0.326 e. The van der Waals surface area contributed by atoms with E-state index in [4.69, 9.17) is 0 Å². The number of hydrogen-bond acceptors (Lipinski definition) is 3. The Morgan fingerprint density at radius 1 is 1.04 bits per heavy atom. The van der Waals surface area contributed by atoms with E-state index in [-0.39, 0.29) is 11.3 Å². The lowest BCUT2D eigenvalue weighted by Crippen LogP contribution is -2.17. The summed E-state index contributed by atoms with van der Waals surface area (Å²) in [6.45, 7) is 1.19. The maximum absolute atomic E-state index is 13.4. The Bertz CT molecular complexity index is 997. The van der Waals surface area contributed by atoms with Crippen molar-refractivity contribution >= 4 is 23.2 Å². The Balaban J connectivity index is 1.84. The third-order valence-corrected chi connectivity index (χ3v) is 3.79. The summed E-state index contributed by atoms with van der Waals surface area (Å²) in [6, 6.07) is 11.1. The highest BCUT2D eigenvalue weighted by atomic mass is 19.4. The molecule has 0 aliphatic heterocycles. The Morgan fingerprint density at radius 2 is 1.75 bits per heavy atom. The molecule has 0 radical (unpaired) electrons. The maximum atomic E-state index is 13.4. The Morgan fingerprint density at radius 3 is 2.32 bits per heavy atom. The lowest BCUT2D eigenvalue weighted by molar-refractivity contribution is -0.137. The number of hydrogen-bond donors (Lipinski definition) is 2. The molecular formula is C19H15F3N4O2. The first kappa shape index (κ1) is 19.2. The number of anilines is 2. The molecule has 0 bridgehead atoms. The number of carbonyl (C=O) groups is 2. The van der Waals surface area contributed by atoms with E-state index in [9.17, 15) is 22.8 Å². The predicted molar refractivity (Wildman–Crippen MR) is 97.3 cm³/mol. The van der Waals surface area contributed by atoms with Crippen LogP contribution in [-0.4, -0.2) is 21.6 Å². The van der Waals surface area contributed by atoms with E-state index in [1.165, 1.54) is 25.1 Å². The van der Waals surface area contributed by atoms with Gasteiger partial charge in [0.15, 0.2) is 0 Å². The highest BCUT2D eigenvalue weighted by Gasteiger charge is 2.34. The van der Waals surface area contributed by atoms with Gasteiger partial charge in [0.1, 0.15) is 0 Å². The minimum absolute atomic E-state index is 0.0126. The van der Waals surface area contributed by atoms with Crippen LogP contribution in [0.1, 0.15) is 22.8 Å². The quantitative estimate of drug-likeness (QED) is 0.707. The van der Waals surface area contributed by atoms with Gasteiger partial charge in [-0.25, -0.2) is 4.68 Å². The lowest BCUT2D eigenvalue weighted by Gasteiger charge is -2.15. The summed E-state index contributed by atoms with van der Waals surface area (Å²) < 4.78 is 41.7. The van der Waals surface area contributed by atoms with Crippen molar-refractivity contribution in [1.29, 1.82) is 0 Å². The molecule has 0 aliphatic carbocycles. The molecule has 0 fully saturated rings. The molecule has 2 N–H and O–H groups in total. The van der Waals surface area contributed by atoms with E-state index < -0.39 is 29.2 Å². The number of alkyl halides is 3. The second-order valence-corrected chi connectivity index (χ2v) is 5.89. The molecule has 0 aliphatic rings. The number of nitrogens with one attached hydrogen (secondary N) is 2. The number of aromatic nitrogens is 2. The van der Waals surface area contributed by atoms with Crippen LogP contribution in [0, 0.1) is 0 Å². The van der Waals surface area contributed by atoms with E-state index >= 15 is 0 Å². The van der Waals surface area contributed by atoms with E-state index in [0.29, 0.717) is 5.69 Å². The van der Waals surface area contributed by atoms with Gasteiger partial charge in [0.05, 0.1) is 16.9 Å². The zero-order valence-electron chi connectivity index (χ0n) is 14.6. The fourth-order valence-corrected chi connectivity index (χ4v) is 2.55. The smallest absolute Gasteiger partial charge is 0.326 e. The molecule has 144 valence electrons. The third kappa shape index (κ3) is 4.37. The first-order chi connectivity index (χ1) is 13.2. The topological polar surface area (TPSA) is 76.0 Å². The average Bonchev–Trinajstić information content (AvgIpc) is 3.16. The molecule has 2 aromatic carbocycles. The van der Waals surface area contributed by atoms with Crippen molar-refractivity contribution in [2.24, 2.45) is 0 Å². The maximum Gasteiger partial charge on any atom is 0.418 e. The number of carbonyl (C=O) groups excluding carboxylic acids is 2. The zero-order valence-corrected chi connectivity index (χ0v) is 14.6. The molecule has 0 atom stereocenters. The van der Waals surface area contributed by atoms with E-state index in [1.54, 1.807) is 35.3 Å². The second-order valence-electron chi connectivity index (χ2n) is 5.89. The fraction of sp³-hybridized carbons (Fsp3) is 0.105. The highest BCUT2D eigenvalue weighted by molar-refractivity contribution is 6.05. The summed E-state index contributed by atoms with van der Waals surface area (Å²) in [6.07, 6.45) is -1.38. The lowest BCUT2D eigenvalue weighted by atomic mass is 10.1. The SMILES string of the molecule is CC(=O)Nc1ccc(NC(=O)c2ccc(-n3cccn3)cc2)c(C(F)(F)F)c1. The zero-order chi connectivity index (χ0) is 20.3. The average molecular weight is 388 g/mol. The first-order valence-electron chi connectivity index (χ1n) is 8.14. The number of halogens is 3. The predicted octanol–water partition coefficient (Wildman–Crippen LogP) is 4.10. The first-order valence-corrected chi connectivity index (χ1v) is 8.14. The van der Waals surface area contributed by atoms with Crippen LogP contribution in [0.2, 0.25) is 0 Å². The van der Waals surface area contributed by atoms with Gasteiger partial charge in [-0.15, -0.1) is 0 Å². The molecule has 0 saturated heterocycles. The molecule has 0 spiro atoms. The van der Waals surface area contributed by atoms with Crippen molar-refractivity contribution in [3.05, 3.63) is 72.1 Å². The Hall–Kier alpha value is -3.62. The van der Waals surface area contributed by atoms with Gasteiger partial charge in [-0.2, -0.15) is 18.3 Å². The molecule has 6 nitrogen and oxygen atoms in total. The monoisotopic (exact) mass is 388 g/mol. The summed E-state index contributed by atoms with van der Waals surface area (Å²) in [5.41, 5.74) is -0.573. The van der Waals surface area contributed by atoms with Crippen LogP contribution >= 0.6 is 0 Å². The van der Waals surface area contributed by atoms with Crippen LogP contribution in [0.25, 0.3) is 5.69 Å². The van der Waals surface area contributed by atoms with E-state index in [0.717, 1.165) is 12.1 Å². The number of benzene rings is 2. The molecular weight excluding hydrogens is 373 g/mol. The normalized spacial score (nSPS) is 11.1. The van der Waals surface area contributed by atoms with Gasteiger partial charge in [-0.05, 0) is 48.5 Å². The van der Waals surface area contributed by atoms with Crippen molar-refractivity contribution in [1.82, 2.24) is 9.78 Å². The summed E-state index contributed by atoms with van der Waals surface area (Å²) >= 11 is 0. The molecule has 9 heteroatoms. The molecule has 1 heterocycles. The molecule has 0 saturated carbocycles. The van der Waals surface area contributed by atoms with Crippen molar-refractivity contribution in [2.75, 3.05) is 10.6 Å². The van der Waals surface area contributed by atoms with Gasteiger partial charge in [0, 0.05) is 30.6 Å². The van der Waals surface area contributed by atoms with Gasteiger partial charge in [-0.1, -0.05) is 0 Å². The van der Waals surface area contributed by atoms with Crippen molar-refractivity contribution in [2.45, 2.75) is 13.1 Å². The highest BCUT2D eigenvalue weighted by Crippen LogP contribution is 2.36. The van der Waals surface area contributed by atoms with Crippen LogP contribution in [0.15, 0.2) is 60.9 Å². The number of nitrogens with zero attached hydrogens (tertiary/aromatic N) is 2. The molecule has 1 aromatic heterocycles. The Kier molecular flexibility index (Phi) is 5.16. The standard InChI is InChI=1S/C19H15F3N4O2/c1-12(27)24-14-5-8-17(16(11-14)19(20,21)22)25-18(28)13-3-6-15(7-4-13)26-10-2-9-23-26/h2-11H,1H3,(H,24,27)(H,25,28). The van der Waals surface area contributed by atoms with Gasteiger partial charge < -0.3 is 10.6 Å². The van der Waals surface area contributed by atoms with Crippen LogP contribution < -0.4 is 10.6 Å². The fourth-order valence-electron chi connectivity index (χ4n) is 2.55. The van der Waals surface area contributed by atoms with Gasteiger partial charge in [0.25, 0.3) is 5.91 Å². The summed E-state index contributed by atoms with van der Waals surface area (Å²) in [7, 11) is 0. The summed E-state index contributed by atoms with van der Waals surface area (Å²) in [4.78, 5) is 23.4. The van der Waals surface area contributed by atoms with Crippen molar-refractivity contribution < 1.29 is 22.8 Å². The second kappa shape index (κ2) is 7.55. The van der Waals surface area contributed by atoms with Crippen LogP contribution in [0.5, 0.6) is 0 Å².